The molecule has 0 fully saturated rings. The first-order valence-corrected chi connectivity index (χ1v) is 7.46. The zero-order chi connectivity index (χ0) is 13.0. The fourth-order valence-corrected chi connectivity index (χ4v) is 3.46. The third-order valence-electron chi connectivity index (χ3n) is 2.80. The van der Waals surface area contributed by atoms with Crippen molar-refractivity contribution in [3.63, 3.8) is 0 Å². The lowest BCUT2D eigenvalue weighted by Crippen LogP contribution is -1.90. The molecule has 0 aliphatic rings. The van der Waals surface area contributed by atoms with Crippen LogP contribution in [0.1, 0.15) is 0 Å². The molecule has 4 aromatic rings. The maximum atomic E-state index is 4.60. The lowest BCUT2D eigenvalue weighted by atomic mass is 10.4. The van der Waals surface area contributed by atoms with Gasteiger partial charge < -0.3 is 0 Å². The molecular formula is C11H7IN6S. The molecule has 0 atom stereocenters. The second kappa shape index (κ2) is 3.97. The number of aryl methyl sites for hydroxylation is 1. The van der Waals surface area contributed by atoms with E-state index < -0.39 is 0 Å². The van der Waals surface area contributed by atoms with Crippen molar-refractivity contribution in [2.75, 3.05) is 0 Å². The minimum atomic E-state index is 0.630. The van der Waals surface area contributed by atoms with Crippen molar-refractivity contribution in [2.24, 2.45) is 7.05 Å². The molecule has 4 rings (SSSR count). The molecule has 8 heteroatoms. The van der Waals surface area contributed by atoms with E-state index in [0.717, 1.165) is 25.1 Å². The van der Waals surface area contributed by atoms with Gasteiger partial charge in [0.2, 0.25) is 5.82 Å². The number of thiophene rings is 1. The summed E-state index contributed by atoms with van der Waals surface area (Å²) in [4.78, 5) is 9.93. The summed E-state index contributed by atoms with van der Waals surface area (Å²) >= 11 is 3.84. The summed E-state index contributed by atoms with van der Waals surface area (Å²) in [5, 5.41) is 11.9. The summed E-state index contributed by atoms with van der Waals surface area (Å²) in [6.45, 7) is 0. The zero-order valence-corrected chi connectivity index (χ0v) is 12.8. The van der Waals surface area contributed by atoms with Crippen LogP contribution in [0.4, 0.5) is 0 Å². The summed E-state index contributed by atoms with van der Waals surface area (Å²) in [5.41, 5.74) is 1.62. The number of hydrogen-bond donors (Lipinski definition) is 0. The van der Waals surface area contributed by atoms with Crippen LogP contribution in [0.15, 0.2) is 24.0 Å². The van der Waals surface area contributed by atoms with E-state index >= 15 is 0 Å². The fourth-order valence-electron chi connectivity index (χ4n) is 1.98. The maximum absolute atomic E-state index is 4.60. The number of hydrogen-bond acceptors (Lipinski definition) is 5. The number of aromatic nitrogens is 6. The van der Waals surface area contributed by atoms with Gasteiger partial charge >= 0.3 is 0 Å². The molecule has 0 N–H and O–H groups in total. The highest BCUT2D eigenvalue weighted by atomic mass is 127. The number of fused-ring (bicyclic) bond motifs is 3. The molecule has 94 valence electrons. The van der Waals surface area contributed by atoms with Crippen LogP contribution in [-0.2, 0) is 7.05 Å². The quantitative estimate of drug-likeness (QED) is 0.475. The highest BCUT2D eigenvalue weighted by Gasteiger charge is 2.15. The van der Waals surface area contributed by atoms with E-state index in [9.17, 15) is 0 Å². The number of halogens is 1. The van der Waals surface area contributed by atoms with E-state index in [1.807, 2.05) is 24.7 Å². The molecule has 4 aromatic heterocycles. The Labute approximate surface area is 125 Å². The van der Waals surface area contributed by atoms with E-state index in [1.165, 1.54) is 0 Å². The lowest BCUT2D eigenvalue weighted by molar-refractivity contribution is 0.768. The van der Waals surface area contributed by atoms with Crippen LogP contribution in [0, 0.1) is 3.57 Å². The average molecular weight is 382 g/mol. The van der Waals surface area contributed by atoms with E-state index in [0.29, 0.717) is 5.82 Å². The van der Waals surface area contributed by atoms with E-state index in [2.05, 4.69) is 42.8 Å². The summed E-state index contributed by atoms with van der Waals surface area (Å²) in [5.74, 6) is 0.630. The van der Waals surface area contributed by atoms with Gasteiger partial charge in [0.15, 0.2) is 5.65 Å². The fraction of sp³-hybridized carbons (Fsp3) is 0.0909. The van der Waals surface area contributed by atoms with Crippen LogP contribution < -0.4 is 0 Å². The Bertz CT molecular complexity index is 904. The molecule has 0 unspecified atom stereocenters. The molecule has 0 aromatic carbocycles. The summed E-state index contributed by atoms with van der Waals surface area (Å²) < 4.78 is 4.50. The van der Waals surface area contributed by atoms with Gasteiger partial charge in [0.1, 0.15) is 16.9 Å². The van der Waals surface area contributed by atoms with Gasteiger partial charge in [0.05, 0.1) is 8.96 Å². The first-order valence-electron chi connectivity index (χ1n) is 5.50. The molecule has 0 saturated heterocycles. The predicted octanol–water partition coefficient (Wildman–Crippen LogP) is 2.34. The maximum Gasteiger partial charge on any atom is 0.203 e. The number of nitrogens with zero attached hydrogens (tertiary/aromatic N) is 6. The van der Waals surface area contributed by atoms with E-state index in [1.54, 1.807) is 26.9 Å². The number of rotatable bonds is 1. The Morgan fingerprint density at radius 2 is 2.21 bits per heavy atom. The minimum absolute atomic E-state index is 0.630. The Balaban J connectivity index is 2.03. The second-order valence-electron chi connectivity index (χ2n) is 4.09. The van der Waals surface area contributed by atoms with Crippen molar-refractivity contribution in [3.8, 4) is 11.5 Å². The zero-order valence-electron chi connectivity index (χ0n) is 9.78. The molecule has 19 heavy (non-hydrogen) atoms. The Kier molecular flexibility index (Phi) is 2.36. The third kappa shape index (κ3) is 1.66. The third-order valence-corrected chi connectivity index (χ3v) is 4.41. The normalized spacial score (nSPS) is 11.7. The molecule has 0 saturated carbocycles. The highest BCUT2D eigenvalue weighted by molar-refractivity contribution is 14.1. The SMILES string of the molecule is Cn1cc(I)c(-c2nc3c4ccsc4ncn3n2)n1. The molecular weight excluding hydrogens is 375 g/mol. The van der Waals surface area contributed by atoms with Gasteiger partial charge in [-0.05, 0) is 34.0 Å². The Hall–Kier alpha value is -1.55. The molecule has 0 spiro atoms. The monoisotopic (exact) mass is 382 g/mol. The largest absolute Gasteiger partial charge is 0.274 e. The van der Waals surface area contributed by atoms with Gasteiger partial charge in [-0.3, -0.25) is 4.68 Å². The van der Waals surface area contributed by atoms with Crippen molar-refractivity contribution >= 4 is 49.8 Å². The van der Waals surface area contributed by atoms with Crippen LogP contribution >= 0.6 is 33.9 Å². The first kappa shape index (κ1) is 11.3. The van der Waals surface area contributed by atoms with E-state index in [-0.39, 0.29) is 0 Å². The molecule has 0 radical (unpaired) electrons. The molecule has 4 heterocycles. The first-order chi connectivity index (χ1) is 9.22. The lowest BCUT2D eigenvalue weighted by Gasteiger charge is -1.90. The topological polar surface area (TPSA) is 60.9 Å². The van der Waals surface area contributed by atoms with Crippen molar-refractivity contribution in [1.82, 2.24) is 29.4 Å². The van der Waals surface area contributed by atoms with Gasteiger partial charge in [-0.1, -0.05) is 0 Å². The molecule has 0 aliphatic heterocycles. The van der Waals surface area contributed by atoms with Crippen LogP contribution in [0.2, 0.25) is 0 Å². The van der Waals surface area contributed by atoms with Crippen LogP contribution in [-0.4, -0.2) is 29.4 Å². The summed E-state index contributed by atoms with van der Waals surface area (Å²) in [6, 6.07) is 2.02. The van der Waals surface area contributed by atoms with Gasteiger partial charge in [0.25, 0.3) is 0 Å². The predicted molar refractivity (Wildman–Crippen MR) is 81.1 cm³/mol. The van der Waals surface area contributed by atoms with Crippen LogP contribution in [0.25, 0.3) is 27.4 Å². The van der Waals surface area contributed by atoms with Crippen molar-refractivity contribution < 1.29 is 0 Å². The molecule has 0 amide bonds. The van der Waals surface area contributed by atoms with E-state index in [4.69, 9.17) is 0 Å². The Morgan fingerprint density at radius 3 is 3.00 bits per heavy atom. The van der Waals surface area contributed by atoms with Crippen LogP contribution in [0.5, 0.6) is 0 Å². The van der Waals surface area contributed by atoms with Crippen LogP contribution in [0.3, 0.4) is 0 Å². The molecule has 0 bridgehead atoms. The van der Waals surface area contributed by atoms with Gasteiger partial charge in [-0.25, -0.2) is 14.5 Å². The van der Waals surface area contributed by atoms with Gasteiger partial charge in [-0.2, -0.15) is 5.10 Å². The average Bonchev–Trinajstić information content (AvgIpc) is 3.05. The van der Waals surface area contributed by atoms with Crippen molar-refractivity contribution in [2.45, 2.75) is 0 Å². The van der Waals surface area contributed by atoms with Gasteiger partial charge in [-0.15, -0.1) is 16.4 Å². The molecule has 6 nitrogen and oxygen atoms in total. The summed E-state index contributed by atoms with van der Waals surface area (Å²) in [7, 11) is 1.89. The smallest absolute Gasteiger partial charge is 0.203 e. The van der Waals surface area contributed by atoms with Crippen molar-refractivity contribution in [1.29, 1.82) is 0 Å². The van der Waals surface area contributed by atoms with Crippen molar-refractivity contribution in [3.05, 3.63) is 27.5 Å². The second-order valence-corrected chi connectivity index (χ2v) is 6.14. The highest BCUT2D eigenvalue weighted by Crippen LogP contribution is 2.25. The minimum Gasteiger partial charge on any atom is -0.274 e. The Morgan fingerprint density at radius 1 is 1.32 bits per heavy atom. The standard InChI is InChI=1S/C11H7IN6S/c1-17-4-7(12)8(15-17)9-14-10-6-2-3-19-11(6)13-5-18(10)16-9/h2-5H,1H3. The molecule has 0 aliphatic carbocycles. The summed E-state index contributed by atoms with van der Waals surface area (Å²) in [6.07, 6.45) is 3.64. The van der Waals surface area contributed by atoms with Gasteiger partial charge in [0, 0.05) is 13.2 Å².